The van der Waals surface area contributed by atoms with Gasteiger partial charge in [0, 0.05) is 48.5 Å². The van der Waals surface area contributed by atoms with Crippen LogP contribution in [0, 0.1) is 5.41 Å². The number of para-hydroxylation sites is 2. The second-order valence-electron chi connectivity index (χ2n) is 10.2. The standard InChI is InChI=1S/C29H29N5O2S/c1-4-26(35)33-14-13-29(18-33)15-21(16-29)34-23-8-6-5-7-22(23)30-28(34)31-27(36)25-12-11-24(37-25)20-10-9-19(2)32(3)17-20/h4-12,17,21H,1-2,13-16,18H2,3H3,(H,30,31,36). The molecule has 8 heteroatoms. The molecule has 3 aromatic rings. The van der Waals surface area contributed by atoms with Crippen LogP contribution < -0.4 is 5.32 Å². The lowest BCUT2D eigenvalue weighted by Gasteiger charge is -2.46. The number of likely N-dealkylation sites (N-methyl/N-ethyl adjacent to an activating group) is 1. The van der Waals surface area contributed by atoms with Gasteiger partial charge < -0.3 is 14.4 Å². The number of imidazole rings is 1. The Morgan fingerprint density at radius 3 is 2.78 bits per heavy atom. The van der Waals surface area contributed by atoms with Crippen LogP contribution in [0.5, 0.6) is 0 Å². The molecule has 0 bridgehead atoms. The average Bonchev–Trinajstić information content (AvgIpc) is 3.61. The van der Waals surface area contributed by atoms with Gasteiger partial charge in [0.2, 0.25) is 11.9 Å². The first kappa shape index (κ1) is 23.5. The molecule has 1 N–H and O–H groups in total. The second kappa shape index (κ2) is 8.88. The number of anilines is 1. The van der Waals surface area contributed by atoms with Gasteiger partial charge in [-0.2, -0.15) is 0 Å². The molecule has 1 spiro atoms. The summed E-state index contributed by atoms with van der Waals surface area (Å²) in [5.74, 6) is 0.419. The lowest BCUT2D eigenvalue weighted by atomic mass is 9.65. The van der Waals surface area contributed by atoms with Crippen molar-refractivity contribution in [2.75, 3.05) is 25.5 Å². The molecule has 1 saturated carbocycles. The third kappa shape index (κ3) is 4.11. The number of likely N-dealkylation sites (tertiary alicyclic amines) is 1. The summed E-state index contributed by atoms with van der Waals surface area (Å²) in [6, 6.07) is 12.1. The van der Waals surface area contributed by atoms with Crippen LogP contribution in [-0.2, 0) is 4.79 Å². The highest BCUT2D eigenvalue weighted by atomic mass is 32.1. The molecule has 2 aromatic heterocycles. The van der Waals surface area contributed by atoms with Crippen molar-refractivity contribution in [3.63, 3.8) is 0 Å². The van der Waals surface area contributed by atoms with E-state index >= 15 is 0 Å². The Morgan fingerprint density at radius 2 is 2.00 bits per heavy atom. The van der Waals surface area contributed by atoms with Crippen LogP contribution >= 0.6 is 11.3 Å². The molecular weight excluding hydrogens is 482 g/mol. The summed E-state index contributed by atoms with van der Waals surface area (Å²) >= 11 is 1.46. The lowest BCUT2D eigenvalue weighted by Crippen LogP contribution is -2.42. The van der Waals surface area contributed by atoms with Crippen molar-refractivity contribution in [2.45, 2.75) is 25.3 Å². The Morgan fingerprint density at radius 1 is 1.19 bits per heavy atom. The molecule has 1 aliphatic carbocycles. The van der Waals surface area contributed by atoms with Gasteiger partial charge in [0.05, 0.1) is 15.9 Å². The third-order valence-corrected chi connectivity index (χ3v) is 8.94. The summed E-state index contributed by atoms with van der Waals surface area (Å²) < 4.78 is 2.18. The van der Waals surface area contributed by atoms with Gasteiger partial charge in [-0.25, -0.2) is 4.98 Å². The van der Waals surface area contributed by atoms with Crippen molar-refractivity contribution in [1.29, 1.82) is 0 Å². The first-order valence-corrected chi connectivity index (χ1v) is 13.3. The van der Waals surface area contributed by atoms with Crippen LogP contribution in [0.15, 0.2) is 79.7 Å². The fraction of sp³-hybridized carbons (Fsp3) is 0.276. The number of hydrogen-bond acceptors (Lipinski definition) is 5. The largest absolute Gasteiger partial charge is 0.351 e. The van der Waals surface area contributed by atoms with Gasteiger partial charge in [-0.1, -0.05) is 31.4 Å². The van der Waals surface area contributed by atoms with E-state index in [2.05, 4.69) is 29.1 Å². The molecule has 1 aromatic carbocycles. The molecule has 2 amide bonds. The lowest BCUT2D eigenvalue weighted by molar-refractivity contribution is -0.125. The number of nitrogens with one attached hydrogen (secondary N) is 1. The number of allylic oxidation sites excluding steroid dienone is 3. The summed E-state index contributed by atoms with van der Waals surface area (Å²) in [6.07, 6.45) is 10.3. The molecule has 6 rings (SSSR count). The van der Waals surface area contributed by atoms with Crippen molar-refractivity contribution in [1.82, 2.24) is 19.4 Å². The van der Waals surface area contributed by atoms with Gasteiger partial charge in [0.1, 0.15) is 0 Å². The minimum atomic E-state index is -0.163. The Bertz CT molecular complexity index is 1500. The molecule has 2 fully saturated rings. The zero-order valence-corrected chi connectivity index (χ0v) is 21.6. The topological polar surface area (TPSA) is 70.5 Å². The number of benzene rings is 1. The van der Waals surface area contributed by atoms with E-state index in [-0.39, 0.29) is 23.3 Å². The fourth-order valence-electron chi connectivity index (χ4n) is 5.77. The SMILES string of the molecule is C=CC(=O)N1CCC2(CC(n3c(NC(=O)c4ccc(C5=CN(C)C(=C)C=C5)s4)nc4ccccc43)C2)C1. The van der Waals surface area contributed by atoms with Crippen molar-refractivity contribution >= 4 is 45.7 Å². The molecular formula is C29H29N5O2S. The maximum absolute atomic E-state index is 13.3. The third-order valence-electron chi connectivity index (χ3n) is 7.80. The highest BCUT2D eigenvalue weighted by Crippen LogP contribution is 2.55. The molecule has 0 atom stereocenters. The van der Waals surface area contributed by atoms with Gasteiger partial charge in [0.15, 0.2) is 0 Å². The molecule has 1 saturated heterocycles. The molecule has 4 heterocycles. The number of rotatable bonds is 5. The minimum Gasteiger partial charge on any atom is -0.351 e. The summed E-state index contributed by atoms with van der Waals surface area (Å²) in [5, 5.41) is 3.10. The molecule has 3 aliphatic rings. The van der Waals surface area contributed by atoms with Gasteiger partial charge >= 0.3 is 0 Å². The number of nitrogens with zero attached hydrogens (tertiary/aromatic N) is 4. The summed E-state index contributed by atoms with van der Waals surface area (Å²) in [7, 11) is 1.96. The molecule has 0 radical (unpaired) electrons. The van der Waals surface area contributed by atoms with Crippen molar-refractivity contribution < 1.29 is 9.59 Å². The quantitative estimate of drug-likeness (QED) is 0.463. The number of thiophene rings is 1. The Hall–Kier alpha value is -3.91. The van der Waals surface area contributed by atoms with Crippen LogP contribution in [0.25, 0.3) is 16.6 Å². The van der Waals surface area contributed by atoms with Gasteiger partial charge in [-0.05, 0) is 61.1 Å². The van der Waals surface area contributed by atoms with Crippen LogP contribution in [0.1, 0.15) is 39.9 Å². The van der Waals surface area contributed by atoms with Crippen molar-refractivity contribution in [2.24, 2.45) is 5.41 Å². The molecule has 37 heavy (non-hydrogen) atoms. The summed E-state index contributed by atoms with van der Waals surface area (Å²) in [4.78, 5) is 35.7. The fourth-order valence-corrected chi connectivity index (χ4v) is 6.66. The number of aromatic nitrogens is 2. The number of carbonyl (C=O) groups excluding carboxylic acids is 2. The first-order chi connectivity index (χ1) is 17.9. The van der Waals surface area contributed by atoms with E-state index in [9.17, 15) is 9.59 Å². The summed E-state index contributed by atoms with van der Waals surface area (Å²) in [5.41, 5.74) is 3.99. The van der Waals surface area contributed by atoms with E-state index in [4.69, 9.17) is 4.98 Å². The monoisotopic (exact) mass is 511 g/mol. The van der Waals surface area contributed by atoms with Crippen LogP contribution in [0.3, 0.4) is 0 Å². The molecule has 2 aliphatic heterocycles. The number of carbonyl (C=O) groups is 2. The minimum absolute atomic E-state index is 0.00716. The van der Waals surface area contributed by atoms with Crippen molar-refractivity contribution in [3.05, 3.63) is 89.4 Å². The highest BCUT2D eigenvalue weighted by molar-refractivity contribution is 7.15. The number of fused-ring (bicyclic) bond motifs is 1. The Kier molecular flexibility index (Phi) is 5.64. The average molecular weight is 512 g/mol. The maximum atomic E-state index is 13.3. The maximum Gasteiger partial charge on any atom is 0.268 e. The second-order valence-corrected chi connectivity index (χ2v) is 11.3. The Labute approximate surface area is 220 Å². The van der Waals surface area contributed by atoms with E-state index in [1.807, 2.05) is 65.5 Å². The Balaban J connectivity index is 1.23. The van der Waals surface area contributed by atoms with E-state index in [0.29, 0.717) is 10.8 Å². The van der Waals surface area contributed by atoms with Gasteiger partial charge in [-0.3, -0.25) is 14.9 Å². The molecule has 188 valence electrons. The predicted octanol–water partition coefficient (Wildman–Crippen LogP) is 5.45. The van der Waals surface area contributed by atoms with E-state index in [0.717, 1.165) is 59.5 Å². The van der Waals surface area contributed by atoms with Gasteiger partial charge in [-0.15, -0.1) is 11.3 Å². The van der Waals surface area contributed by atoms with Gasteiger partial charge in [0.25, 0.3) is 5.91 Å². The van der Waals surface area contributed by atoms with E-state index in [1.165, 1.54) is 17.4 Å². The zero-order chi connectivity index (χ0) is 25.7. The first-order valence-electron chi connectivity index (χ1n) is 12.5. The number of amides is 2. The van der Waals surface area contributed by atoms with E-state index < -0.39 is 0 Å². The van der Waals surface area contributed by atoms with Crippen molar-refractivity contribution in [3.8, 4) is 0 Å². The van der Waals surface area contributed by atoms with Crippen LogP contribution in [-0.4, -0.2) is 51.3 Å². The predicted molar refractivity (Wildman–Crippen MR) is 148 cm³/mol. The van der Waals surface area contributed by atoms with Crippen LogP contribution in [0.4, 0.5) is 5.95 Å². The highest BCUT2D eigenvalue weighted by Gasteiger charge is 2.50. The zero-order valence-electron chi connectivity index (χ0n) is 20.8. The summed E-state index contributed by atoms with van der Waals surface area (Å²) in [6.45, 7) is 9.18. The normalized spacial score (nSPS) is 22.9. The molecule has 7 nitrogen and oxygen atoms in total. The number of hydrogen-bond donors (Lipinski definition) is 1. The molecule has 0 unspecified atom stereocenters. The smallest absolute Gasteiger partial charge is 0.268 e. The van der Waals surface area contributed by atoms with E-state index in [1.54, 1.807) is 0 Å². The van der Waals surface area contributed by atoms with Crippen LogP contribution in [0.2, 0.25) is 0 Å².